The molecule has 1 fully saturated rings. The normalized spacial score (nSPS) is 14.6. The lowest BCUT2D eigenvalue weighted by Gasteiger charge is -2.36. The van der Waals surface area contributed by atoms with E-state index in [1.54, 1.807) is 19.2 Å². The Bertz CT molecular complexity index is 1240. The quantitative estimate of drug-likeness (QED) is 0.310. The number of hydrogen-bond acceptors (Lipinski definition) is 7. The van der Waals surface area contributed by atoms with Gasteiger partial charge in [-0.1, -0.05) is 15.9 Å². The number of rotatable bonds is 8. The first-order valence-electron chi connectivity index (χ1n) is 11.9. The molecule has 1 aromatic heterocycles. The predicted molar refractivity (Wildman–Crippen MR) is 143 cm³/mol. The highest BCUT2D eigenvalue weighted by Gasteiger charge is 2.24. The largest absolute Gasteiger partial charge is 0.493 e. The molecule has 36 heavy (non-hydrogen) atoms. The van der Waals surface area contributed by atoms with Crippen molar-refractivity contribution in [1.82, 2.24) is 14.9 Å². The van der Waals surface area contributed by atoms with Crippen molar-refractivity contribution in [3.63, 3.8) is 0 Å². The van der Waals surface area contributed by atoms with Crippen LogP contribution in [0.3, 0.4) is 0 Å². The van der Waals surface area contributed by atoms with Crippen LogP contribution in [0.4, 0.5) is 15.9 Å². The van der Waals surface area contributed by atoms with Crippen molar-refractivity contribution in [2.45, 2.75) is 39.2 Å². The lowest BCUT2D eigenvalue weighted by atomic mass is 9.98. The maximum absolute atomic E-state index is 14.4. The third kappa shape index (κ3) is 6.37. The van der Waals surface area contributed by atoms with Crippen molar-refractivity contribution in [3.05, 3.63) is 59.4 Å². The Balaban J connectivity index is 1.44. The molecule has 192 valence electrons. The molecule has 3 aromatic rings. The smallest absolute Gasteiger partial charge is 0.182 e. The summed E-state index contributed by atoms with van der Waals surface area (Å²) in [6.07, 6.45) is 3.41. The molecule has 0 saturated carbocycles. The van der Waals surface area contributed by atoms with Crippen LogP contribution in [-0.4, -0.2) is 47.3 Å². The van der Waals surface area contributed by atoms with E-state index in [-0.39, 0.29) is 11.4 Å². The Morgan fingerprint density at radius 3 is 2.58 bits per heavy atom. The highest BCUT2D eigenvalue weighted by Crippen LogP contribution is 2.36. The number of nitrogens with zero attached hydrogens (tertiary/aromatic N) is 3. The summed E-state index contributed by atoms with van der Waals surface area (Å²) in [6.45, 7) is 12.5. The Hall–Kier alpha value is -3.07. The van der Waals surface area contributed by atoms with E-state index in [2.05, 4.69) is 42.7 Å². The summed E-state index contributed by atoms with van der Waals surface area (Å²) in [5, 5.41) is 3.76. The van der Waals surface area contributed by atoms with Gasteiger partial charge in [-0.3, -0.25) is 0 Å². The number of likely N-dealkylation sites (tertiary alicyclic amines) is 1. The van der Waals surface area contributed by atoms with E-state index in [0.29, 0.717) is 50.9 Å². The first-order chi connectivity index (χ1) is 17.1. The van der Waals surface area contributed by atoms with Gasteiger partial charge in [0.25, 0.3) is 0 Å². The lowest BCUT2D eigenvalue weighted by Crippen LogP contribution is -2.37. The van der Waals surface area contributed by atoms with Crippen molar-refractivity contribution in [1.29, 1.82) is 0 Å². The Kier molecular flexibility index (Phi) is 7.88. The van der Waals surface area contributed by atoms with E-state index in [4.69, 9.17) is 14.2 Å². The second kappa shape index (κ2) is 10.9. The van der Waals surface area contributed by atoms with Crippen LogP contribution in [0, 0.1) is 11.7 Å². The van der Waals surface area contributed by atoms with Gasteiger partial charge in [0.05, 0.1) is 24.9 Å². The number of methoxy groups -OCH3 is 1. The predicted octanol–water partition coefficient (Wildman–Crippen LogP) is 6.66. The molecule has 1 saturated heterocycles. The molecule has 1 aliphatic heterocycles. The first kappa shape index (κ1) is 26.0. The molecule has 0 unspecified atom stereocenters. The SMILES string of the molecule is C=C(OC(C)(C)C)N1CCC(COc2cc3ncnc(Nc4ccc(Br)cc4F)c3cc2OC)CC1. The Morgan fingerprint density at radius 2 is 1.92 bits per heavy atom. The molecule has 0 bridgehead atoms. The van der Waals surface area contributed by atoms with Crippen LogP contribution >= 0.6 is 15.9 Å². The van der Waals surface area contributed by atoms with Crippen molar-refractivity contribution in [3.8, 4) is 11.5 Å². The molecule has 9 heteroatoms. The maximum atomic E-state index is 14.4. The van der Waals surface area contributed by atoms with Gasteiger partial charge in [0.1, 0.15) is 23.6 Å². The fourth-order valence-corrected chi connectivity index (χ4v) is 4.46. The molecule has 1 N–H and O–H groups in total. The van der Waals surface area contributed by atoms with Crippen LogP contribution in [0.25, 0.3) is 10.9 Å². The average Bonchev–Trinajstić information content (AvgIpc) is 2.83. The average molecular weight is 559 g/mol. The highest BCUT2D eigenvalue weighted by atomic mass is 79.9. The number of fused-ring (bicyclic) bond motifs is 1. The van der Waals surface area contributed by atoms with E-state index >= 15 is 0 Å². The van der Waals surface area contributed by atoms with E-state index in [1.807, 2.05) is 32.9 Å². The van der Waals surface area contributed by atoms with Crippen molar-refractivity contribution in [2.75, 3.05) is 32.1 Å². The zero-order valence-corrected chi connectivity index (χ0v) is 22.7. The van der Waals surface area contributed by atoms with Crippen LogP contribution < -0.4 is 14.8 Å². The Labute approximate surface area is 219 Å². The van der Waals surface area contributed by atoms with E-state index in [0.717, 1.165) is 31.8 Å². The second-order valence-electron chi connectivity index (χ2n) is 9.84. The molecule has 0 atom stereocenters. The molecule has 7 nitrogen and oxygen atoms in total. The number of anilines is 2. The maximum Gasteiger partial charge on any atom is 0.182 e. The van der Waals surface area contributed by atoms with Crippen molar-refractivity contribution >= 4 is 38.3 Å². The lowest BCUT2D eigenvalue weighted by molar-refractivity contribution is -0.00745. The van der Waals surface area contributed by atoms with Gasteiger partial charge in [-0.15, -0.1) is 0 Å². The summed E-state index contributed by atoms with van der Waals surface area (Å²) in [6, 6.07) is 8.47. The summed E-state index contributed by atoms with van der Waals surface area (Å²) < 4.78 is 32.8. The molecule has 2 heterocycles. The van der Waals surface area contributed by atoms with Gasteiger partial charge in [0.15, 0.2) is 17.4 Å². The van der Waals surface area contributed by atoms with Gasteiger partial charge >= 0.3 is 0 Å². The van der Waals surface area contributed by atoms with E-state index < -0.39 is 0 Å². The van der Waals surface area contributed by atoms with Crippen LogP contribution in [-0.2, 0) is 4.74 Å². The number of hydrogen-bond donors (Lipinski definition) is 1. The van der Waals surface area contributed by atoms with Gasteiger partial charge < -0.3 is 24.4 Å². The standard InChI is InChI=1S/C27H32BrFN4O3/c1-17(36-27(2,3)4)33-10-8-18(9-11-33)15-35-25-14-23-20(13-24(25)34-5)26(31-16-30-23)32-22-7-6-19(28)12-21(22)29/h6-7,12-14,16,18H,1,8-11,15H2,2-5H3,(H,30,31,32). The number of nitrogens with one attached hydrogen (secondary N) is 1. The van der Waals surface area contributed by atoms with E-state index in [1.165, 1.54) is 12.4 Å². The molecule has 1 aliphatic rings. The highest BCUT2D eigenvalue weighted by molar-refractivity contribution is 9.10. The molecule has 2 aromatic carbocycles. The molecule has 0 spiro atoms. The van der Waals surface area contributed by atoms with Crippen molar-refractivity contribution < 1.29 is 18.6 Å². The van der Waals surface area contributed by atoms with Gasteiger partial charge in [-0.25, -0.2) is 14.4 Å². The van der Waals surface area contributed by atoms with Crippen LogP contribution in [0.15, 0.2) is 53.6 Å². The summed E-state index contributed by atoms with van der Waals surface area (Å²) in [7, 11) is 1.60. The fraction of sp³-hybridized carbons (Fsp3) is 0.407. The first-order valence-corrected chi connectivity index (χ1v) is 12.7. The fourth-order valence-electron chi connectivity index (χ4n) is 4.13. The van der Waals surface area contributed by atoms with Crippen LogP contribution in [0.5, 0.6) is 11.5 Å². The summed E-state index contributed by atoms with van der Waals surface area (Å²) >= 11 is 3.28. The molecule has 0 aliphatic carbocycles. The number of benzene rings is 2. The number of ether oxygens (including phenoxy) is 3. The molecular formula is C27H32BrFN4O3. The van der Waals surface area contributed by atoms with Gasteiger partial charge in [0.2, 0.25) is 0 Å². The monoisotopic (exact) mass is 558 g/mol. The molecule has 0 radical (unpaired) electrons. The van der Waals surface area contributed by atoms with Crippen LogP contribution in [0.1, 0.15) is 33.6 Å². The zero-order chi connectivity index (χ0) is 25.9. The number of piperidine rings is 1. The van der Waals surface area contributed by atoms with Crippen molar-refractivity contribution in [2.24, 2.45) is 5.92 Å². The molecule has 0 amide bonds. The summed E-state index contributed by atoms with van der Waals surface area (Å²) in [4.78, 5) is 10.9. The second-order valence-corrected chi connectivity index (χ2v) is 10.8. The summed E-state index contributed by atoms with van der Waals surface area (Å²) in [5.41, 5.74) is 0.736. The zero-order valence-electron chi connectivity index (χ0n) is 21.1. The third-order valence-electron chi connectivity index (χ3n) is 5.97. The minimum atomic E-state index is -0.386. The van der Waals surface area contributed by atoms with E-state index in [9.17, 15) is 4.39 Å². The third-order valence-corrected chi connectivity index (χ3v) is 6.46. The molecule has 4 rings (SSSR count). The van der Waals surface area contributed by atoms with Gasteiger partial charge in [-0.05, 0) is 70.4 Å². The van der Waals surface area contributed by atoms with Gasteiger partial charge in [0, 0.05) is 29.0 Å². The minimum Gasteiger partial charge on any atom is -0.493 e. The number of halogens is 2. The molecular weight excluding hydrogens is 527 g/mol. The minimum absolute atomic E-state index is 0.255. The summed E-state index contributed by atoms with van der Waals surface area (Å²) in [5.74, 6) is 2.42. The van der Waals surface area contributed by atoms with Crippen LogP contribution in [0.2, 0.25) is 0 Å². The number of aromatic nitrogens is 2. The topological polar surface area (TPSA) is 68.7 Å². The van der Waals surface area contributed by atoms with Gasteiger partial charge in [-0.2, -0.15) is 0 Å². The Morgan fingerprint density at radius 1 is 1.17 bits per heavy atom.